The van der Waals surface area contributed by atoms with E-state index < -0.39 is 0 Å². The van der Waals surface area contributed by atoms with Crippen molar-refractivity contribution in [3.63, 3.8) is 0 Å². The number of rotatable bonds is 4. The molecule has 1 unspecified atom stereocenters. The lowest BCUT2D eigenvalue weighted by Crippen LogP contribution is -2.31. The normalized spacial score (nSPS) is 13.0. The van der Waals surface area contributed by atoms with Gasteiger partial charge in [0, 0.05) is 6.20 Å². The number of nitrogens with two attached hydrogens (primary N) is 1. The molecule has 1 heterocycles. The van der Waals surface area contributed by atoms with Gasteiger partial charge in [0.05, 0.1) is 19.3 Å². The molecule has 112 valence electrons. The van der Waals surface area contributed by atoms with E-state index in [1.165, 1.54) is 5.56 Å². The first-order chi connectivity index (χ1) is 9.97. The Balaban J connectivity index is 2.51. The van der Waals surface area contributed by atoms with E-state index in [0.717, 1.165) is 16.9 Å². The van der Waals surface area contributed by atoms with Crippen LogP contribution in [-0.4, -0.2) is 12.1 Å². The lowest BCUT2D eigenvalue weighted by atomic mass is 9.81. The molecule has 1 aromatic carbocycles. The van der Waals surface area contributed by atoms with Gasteiger partial charge in [0.1, 0.15) is 5.75 Å². The number of benzene rings is 1. The molecule has 0 radical (unpaired) electrons. The van der Waals surface area contributed by atoms with Crippen LogP contribution in [-0.2, 0) is 5.41 Å². The highest BCUT2D eigenvalue weighted by Gasteiger charge is 2.23. The van der Waals surface area contributed by atoms with Crippen LogP contribution in [0.2, 0.25) is 0 Å². The molecule has 0 aliphatic rings. The van der Waals surface area contributed by atoms with E-state index in [-0.39, 0.29) is 11.5 Å². The number of hydrazine groups is 1. The quantitative estimate of drug-likeness (QED) is 0.670. The number of hydrogen-bond donors (Lipinski definition) is 2. The minimum absolute atomic E-state index is 0.0397. The van der Waals surface area contributed by atoms with E-state index in [1.54, 1.807) is 13.3 Å². The molecule has 0 aliphatic heterocycles. The highest BCUT2D eigenvalue weighted by Crippen LogP contribution is 2.32. The predicted molar refractivity (Wildman–Crippen MR) is 85.1 cm³/mol. The summed E-state index contributed by atoms with van der Waals surface area (Å²) >= 11 is 0. The molecule has 1 atom stereocenters. The smallest absolute Gasteiger partial charge is 0.137 e. The molecule has 0 bridgehead atoms. The Bertz CT molecular complexity index is 605. The fourth-order valence-corrected chi connectivity index (χ4v) is 2.50. The number of ether oxygens (including phenoxy) is 1. The average Bonchev–Trinajstić information content (AvgIpc) is 2.48. The lowest BCUT2D eigenvalue weighted by Gasteiger charge is -2.27. The van der Waals surface area contributed by atoms with E-state index in [9.17, 15) is 0 Å². The van der Waals surface area contributed by atoms with Crippen LogP contribution in [0, 0.1) is 0 Å². The molecule has 0 amide bonds. The number of nitrogens with zero attached hydrogens (tertiary/aromatic N) is 1. The molecule has 4 nitrogen and oxygen atoms in total. The van der Waals surface area contributed by atoms with Crippen molar-refractivity contribution in [3.05, 3.63) is 59.4 Å². The van der Waals surface area contributed by atoms with Crippen molar-refractivity contribution in [2.24, 2.45) is 5.84 Å². The van der Waals surface area contributed by atoms with Gasteiger partial charge < -0.3 is 4.74 Å². The maximum absolute atomic E-state index is 5.82. The molecule has 0 aliphatic carbocycles. The number of nitrogens with one attached hydrogen (secondary N) is 1. The van der Waals surface area contributed by atoms with Crippen molar-refractivity contribution in [1.29, 1.82) is 0 Å². The highest BCUT2D eigenvalue weighted by atomic mass is 16.5. The summed E-state index contributed by atoms with van der Waals surface area (Å²) in [6.45, 7) is 6.59. The van der Waals surface area contributed by atoms with Gasteiger partial charge >= 0.3 is 0 Å². The maximum atomic E-state index is 5.82. The van der Waals surface area contributed by atoms with E-state index in [2.05, 4.69) is 49.4 Å². The summed E-state index contributed by atoms with van der Waals surface area (Å²) in [4.78, 5) is 4.22. The Hall–Kier alpha value is -1.91. The van der Waals surface area contributed by atoms with Crippen LogP contribution in [0.15, 0.2) is 42.7 Å². The first-order valence-corrected chi connectivity index (χ1v) is 7.02. The number of methoxy groups -OCH3 is 1. The van der Waals surface area contributed by atoms with Gasteiger partial charge in [0.15, 0.2) is 0 Å². The van der Waals surface area contributed by atoms with Gasteiger partial charge in [0.2, 0.25) is 0 Å². The van der Waals surface area contributed by atoms with Crippen LogP contribution in [0.25, 0.3) is 0 Å². The van der Waals surface area contributed by atoms with Crippen molar-refractivity contribution in [3.8, 4) is 5.75 Å². The minimum Gasteiger partial charge on any atom is -0.495 e. The van der Waals surface area contributed by atoms with Crippen LogP contribution in [0.5, 0.6) is 5.75 Å². The Morgan fingerprint density at radius 2 is 1.90 bits per heavy atom. The van der Waals surface area contributed by atoms with Crippen molar-refractivity contribution < 1.29 is 4.74 Å². The zero-order chi connectivity index (χ0) is 15.5. The fourth-order valence-electron chi connectivity index (χ4n) is 2.50. The molecule has 2 aromatic rings. The first-order valence-electron chi connectivity index (χ1n) is 7.02. The SMILES string of the molecule is COc1cncc(C(NN)c2ccccc2C(C)(C)C)c1. The average molecular weight is 285 g/mol. The Morgan fingerprint density at radius 1 is 1.19 bits per heavy atom. The third-order valence-electron chi connectivity index (χ3n) is 3.55. The fraction of sp³-hybridized carbons (Fsp3) is 0.353. The third kappa shape index (κ3) is 3.40. The van der Waals surface area contributed by atoms with E-state index >= 15 is 0 Å². The standard InChI is InChI=1S/C17H23N3O/c1-17(2,3)15-8-6-5-7-14(15)16(20-18)12-9-13(21-4)11-19-10-12/h5-11,16,20H,18H2,1-4H3. The maximum Gasteiger partial charge on any atom is 0.137 e. The molecular weight excluding hydrogens is 262 g/mol. The molecule has 4 heteroatoms. The summed E-state index contributed by atoms with van der Waals surface area (Å²) in [5, 5.41) is 0. The highest BCUT2D eigenvalue weighted by molar-refractivity contribution is 5.41. The molecule has 0 saturated heterocycles. The monoisotopic (exact) mass is 285 g/mol. The summed E-state index contributed by atoms with van der Waals surface area (Å²) in [5.41, 5.74) is 6.34. The van der Waals surface area contributed by atoms with E-state index in [0.29, 0.717) is 0 Å². The summed E-state index contributed by atoms with van der Waals surface area (Å²) in [6.07, 6.45) is 3.50. The van der Waals surface area contributed by atoms with Crippen LogP contribution < -0.4 is 16.0 Å². The molecular formula is C17H23N3O. The second kappa shape index (κ2) is 6.24. The summed E-state index contributed by atoms with van der Waals surface area (Å²) < 4.78 is 5.25. The van der Waals surface area contributed by atoms with Crippen LogP contribution >= 0.6 is 0 Å². The van der Waals surface area contributed by atoms with Crippen molar-refractivity contribution in [1.82, 2.24) is 10.4 Å². The van der Waals surface area contributed by atoms with Crippen molar-refractivity contribution in [2.75, 3.05) is 7.11 Å². The molecule has 0 spiro atoms. The zero-order valence-corrected chi connectivity index (χ0v) is 13.1. The third-order valence-corrected chi connectivity index (χ3v) is 3.55. The van der Waals surface area contributed by atoms with Gasteiger partial charge in [0.25, 0.3) is 0 Å². The summed E-state index contributed by atoms with van der Waals surface area (Å²) in [6, 6.07) is 10.2. The van der Waals surface area contributed by atoms with Crippen LogP contribution in [0.4, 0.5) is 0 Å². The van der Waals surface area contributed by atoms with Crippen LogP contribution in [0.1, 0.15) is 43.5 Å². The topological polar surface area (TPSA) is 60.2 Å². The van der Waals surface area contributed by atoms with Crippen molar-refractivity contribution >= 4 is 0 Å². The minimum atomic E-state index is -0.122. The second-order valence-electron chi connectivity index (χ2n) is 6.10. The number of aromatic nitrogens is 1. The molecule has 3 N–H and O–H groups in total. The molecule has 0 saturated carbocycles. The van der Waals surface area contributed by atoms with Gasteiger partial charge in [-0.3, -0.25) is 10.8 Å². The van der Waals surface area contributed by atoms with Gasteiger partial charge in [-0.25, -0.2) is 5.43 Å². The molecule has 21 heavy (non-hydrogen) atoms. The molecule has 0 fully saturated rings. The Morgan fingerprint density at radius 3 is 2.52 bits per heavy atom. The van der Waals surface area contributed by atoms with E-state index in [4.69, 9.17) is 10.6 Å². The van der Waals surface area contributed by atoms with Gasteiger partial charge in [-0.05, 0) is 28.2 Å². The number of hydrogen-bond acceptors (Lipinski definition) is 4. The van der Waals surface area contributed by atoms with Gasteiger partial charge in [-0.15, -0.1) is 0 Å². The molecule has 1 aromatic heterocycles. The Kier molecular flexibility index (Phi) is 4.60. The van der Waals surface area contributed by atoms with E-state index in [1.807, 2.05) is 18.3 Å². The summed E-state index contributed by atoms with van der Waals surface area (Å²) in [5.74, 6) is 6.55. The van der Waals surface area contributed by atoms with Gasteiger partial charge in [-0.1, -0.05) is 45.0 Å². The van der Waals surface area contributed by atoms with Crippen molar-refractivity contribution in [2.45, 2.75) is 32.2 Å². The Labute approximate surface area is 126 Å². The second-order valence-corrected chi connectivity index (χ2v) is 6.10. The molecule has 2 rings (SSSR count). The predicted octanol–water partition coefficient (Wildman–Crippen LogP) is 2.94. The zero-order valence-electron chi connectivity index (χ0n) is 13.1. The lowest BCUT2D eigenvalue weighted by molar-refractivity contribution is 0.411. The largest absolute Gasteiger partial charge is 0.495 e. The van der Waals surface area contributed by atoms with Gasteiger partial charge in [-0.2, -0.15) is 0 Å². The number of pyridine rings is 1. The first kappa shape index (κ1) is 15.5. The summed E-state index contributed by atoms with van der Waals surface area (Å²) in [7, 11) is 1.63. The van der Waals surface area contributed by atoms with Crippen LogP contribution in [0.3, 0.4) is 0 Å².